The number of rotatable bonds is 4. The molecule has 0 saturated carbocycles. The van der Waals surface area contributed by atoms with Crippen molar-refractivity contribution in [3.63, 3.8) is 0 Å². The van der Waals surface area contributed by atoms with Crippen LogP contribution in [0.2, 0.25) is 0 Å². The Morgan fingerprint density at radius 2 is 2.06 bits per heavy atom. The number of nitrogens with zero attached hydrogens (tertiary/aromatic N) is 1. The van der Waals surface area contributed by atoms with Gasteiger partial charge in [-0.3, -0.25) is 4.98 Å². The van der Waals surface area contributed by atoms with E-state index < -0.39 is 6.10 Å². The SMILES string of the molecule is COc1ccccc1C(O)Cc1cccnc1. The summed E-state index contributed by atoms with van der Waals surface area (Å²) in [6, 6.07) is 11.3. The minimum Gasteiger partial charge on any atom is -0.496 e. The first-order valence-electron chi connectivity index (χ1n) is 5.51. The average molecular weight is 229 g/mol. The second-order valence-electron chi connectivity index (χ2n) is 3.82. The summed E-state index contributed by atoms with van der Waals surface area (Å²) in [4.78, 5) is 4.03. The fraction of sp³-hybridized carbons (Fsp3) is 0.214. The summed E-state index contributed by atoms with van der Waals surface area (Å²) < 4.78 is 5.23. The summed E-state index contributed by atoms with van der Waals surface area (Å²) in [5, 5.41) is 10.2. The van der Waals surface area contributed by atoms with Gasteiger partial charge in [-0.1, -0.05) is 24.3 Å². The fourth-order valence-electron chi connectivity index (χ4n) is 1.79. The summed E-state index contributed by atoms with van der Waals surface area (Å²) >= 11 is 0. The molecule has 0 amide bonds. The Morgan fingerprint density at radius 3 is 2.76 bits per heavy atom. The quantitative estimate of drug-likeness (QED) is 0.875. The lowest BCUT2D eigenvalue weighted by Gasteiger charge is -2.14. The third-order valence-electron chi connectivity index (χ3n) is 2.65. The second kappa shape index (κ2) is 5.46. The monoisotopic (exact) mass is 229 g/mol. The predicted molar refractivity (Wildman–Crippen MR) is 65.9 cm³/mol. The largest absolute Gasteiger partial charge is 0.496 e. The fourth-order valence-corrected chi connectivity index (χ4v) is 1.79. The number of hydrogen-bond acceptors (Lipinski definition) is 3. The molecule has 3 nitrogen and oxygen atoms in total. The van der Waals surface area contributed by atoms with E-state index in [-0.39, 0.29) is 0 Å². The van der Waals surface area contributed by atoms with Gasteiger partial charge >= 0.3 is 0 Å². The normalized spacial score (nSPS) is 12.1. The maximum atomic E-state index is 10.2. The Kier molecular flexibility index (Phi) is 3.73. The highest BCUT2D eigenvalue weighted by molar-refractivity contribution is 5.35. The summed E-state index contributed by atoms with van der Waals surface area (Å²) in [7, 11) is 1.61. The zero-order valence-electron chi connectivity index (χ0n) is 9.71. The van der Waals surface area contributed by atoms with Gasteiger partial charge in [0.15, 0.2) is 0 Å². The van der Waals surface area contributed by atoms with Gasteiger partial charge < -0.3 is 9.84 Å². The molecule has 17 heavy (non-hydrogen) atoms. The number of para-hydroxylation sites is 1. The average Bonchev–Trinajstić information content (AvgIpc) is 2.40. The molecule has 1 aromatic carbocycles. The van der Waals surface area contributed by atoms with Crippen LogP contribution < -0.4 is 4.74 Å². The van der Waals surface area contributed by atoms with E-state index in [1.54, 1.807) is 19.5 Å². The molecule has 1 heterocycles. The van der Waals surface area contributed by atoms with Crippen LogP contribution in [-0.4, -0.2) is 17.2 Å². The molecule has 0 aliphatic carbocycles. The first-order chi connectivity index (χ1) is 8.31. The lowest BCUT2D eigenvalue weighted by atomic mass is 10.0. The molecule has 0 bridgehead atoms. The molecule has 1 unspecified atom stereocenters. The maximum absolute atomic E-state index is 10.2. The summed E-state index contributed by atoms with van der Waals surface area (Å²) in [5.74, 6) is 0.712. The van der Waals surface area contributed by atoms with E-state index >= 15 is 0 Å². The Bertz CT molecular complexity index is 471. The molecule has 88 valence electrons. The van der Waals surface area contributed by atoms with Crippen LogP contribution in [0.4, 0.5) is 0 Å². The molecule has 0 aliphatic rings. The number of aliphatic hydroxyl groups excluding tert-OH is 1. The minimum absolute atomic E-state index is 0.536. The Labute approximate surface area is 101 Å². The molecule has 1 aromatic heterocycles. The van der Waals surface area contributed by atoms with E-state index in [4.69, 9.17) is 4.74 Å². The van der Waals surface area contributed by atoms with Crippen molar-refractivity contribution in [3.8, 4) is 5.75 Å². The number of benzene rings is 1. The predicted octanol–water partition coefficient (Wildman–Crippen LogP) is 2.37. The Hall–Kier alpha value is -1.87. The van der Waals surface area contributed by atoms with Crippen LogP contribution in [0.3, 0.4) is 0 Å². The minimum atomic E-state index is -0.574. The standard InChI is InChI=1S/C14H15NO2/c1-17-14-7-3-2-6-12(14)13(16)9-11-5-4-8-15-10-11/h2-8,10,13,16H,9H2,1H3. The smallest absolute Gasteiger partial charge is 0.124 e. The van der Waals surface area contributed by atoms with Gasteiger partial charge in [-0.05, 0) is 17.7 Å². The number of methoxy groups -OCH3 is 1. The highest BCUT2D eigenvalue weighted by Gasteiger charge is 2.13. The lowest BCUT2D eigenvalue weighted by molar-refractivity contribution is 0.174. The molecular weight excluding hydrogens is 214 g/mol. The van der Waals surface area contributed by atoms with Crippen molar-refractivity contribution in [2.75, 3.05) is 7.11 Å². The zero-order valence-corrected chi connectivity index (χ0v) is 9.71. The van der Waals surface area contributed by atoms with Crippen molar-refractivity contribution in [2.45, 2.75) is 12.5 Å². The topological polar surface area (TPSA) is 42.4 Å². The van der Waals surface area contributed by atoms with Gasteiger partial charge in [0.05, 0.1) is 13.2 Å². The van der Waals surface area contributed by atoms with Crippen molar-refractivity contribution >= 4 is 0 Å². The number of hydrogen-bond donors (Lipinski definition) is 1. The molecule has 0 saturated heterocycles. The van der Waals surface area contributed by atoms with Gasteiger partial charge in [0.2, 0.25) is 0 Å². The van der Waals surface area contributed by atoms with Crippen molar-refractivity contribution in [3.05, 3.63) is 59.9 Å². The molecule has 3 heteroatoms. The lowest BCUT2D eigenvalue weighted by Crippen LogP contribution is -2.04. The number of ether oxygens (including phenoxy) is 1. The van der Waals surface area contributed by atoms with Gasteiger partial charge in [0, 0.05) is 24.4 Å². The van der Waals surface area contributed by atoms with Crippen molar-refractivity contribution in [2.24, 2.45) is 0 Å². The van der Waals surface area contributed by atoms with Crippen LogP contribution in [0, 0.1) is 0 Å². The third-order valence-corrected chi connectivity index (χ3v) is 2.65. The van der Waals surface area contributed by atoms with E-state index in [1.165, 1.54) is 0 Å². The second-order valence-corrected chi connectivity index (χ2v) is 3.82. The van der Waals surface area contributed by atoms with E-state index in [0.717, 1.165) is 11.1 Å². The van der Waals surface area contributed by atoms with E-state index in [0.29, 0.717) is 12.2 Å². The van der Waals surface area contributed by atoms with Crippen molar-refractivity contribution in [1.82, 2.24) is 4.98 Å². The van der Waals surface area contributed by atoms with Crippen LogP contribution in [0.15, 0.2) is 48.8 Å². The summed E-state index contributed by atoms with van der Waals surface area (Å²) in [5.41, 5.74) is 1.81. The zero-order chi connectivity index (χ0) is 12.1. The van der Waals surface area contributed by atoms with Gasteiger partial charge in [0.1, 0.15) is 5.75 Å². The van der Waals surface area contributed by atoms with Crippen LogP contribution >= 0.6 is 0 Å². The summed E-state index contributed by atoms with van der Waals surface area (Å²) in [6.07, 6.45) is 3.45. The van der Waals surface area contributed by atoms with Crippen LogP contribution in [0.25, 0.3) is 0 Å². The molecule has 0 aliphatic heterocycles. The third kappa shape index (κ3) is 2.82. The van der Waals surface area contributed by atoms with Gasteiger partial charge in [0.25, 0.3) is 0 Å². The highest BCUT2D eigenvalue weighted by atomic mass is 16.5. The molecule has 2 aromatic rings. The molecule has 1 N–H and O–H groups in total. The van der Waals surface area contributed by atoms with Crippen molar-refractivity contribution in [1.29, 1.82) is 0 Å². The molecular formula is C14H15NO2. The van der Waals surface area contributed by atoms with Crippen molar-refractivity contribution < 1.29 is 9.84 Å². The number of aliphatic hydroxyl groups is 1. The van der Waals surface area contributed by atoms with Gasteiger partial charge in [-0.15, -0.1) is 0 Å². The number of pyridine rings is 1. The van der Waals surface area contributed by atoms with Gasteiger partial charge in [-0.2, -0.15) is 0 Å². The molecule has 0 radical (unpaired) electrons. The van der Waals surface area contributed by atoms with Crippen LogP contribution in [-0.2, 0) is 6.42 Å². The van der Waals surface area contributed by atoms with Crippen LogP contribution in [0.5, 0.6) is 5.75 Å². The Morgan fingerprint density at radius 1 is 1.24 bits per heavy atom. The summed E-state index contributed by atoms with van der Waals surface area (Å²) in [6.45, 7) is 0. The van der Waals surface area contributed by atoms with E-state index in [2.05, 4.69) is 4.98 Å². The molecule has 0 fully saturated rings. The highest BCUT2D eigenvalue weighted by Crippen LogP contribution is 2.26. The van der Waals surface area contributed by atoms with E-state index in [1.807, 2.05) is 36.4 Å². The first-order valence-corrected chi connectivity index (χ1v) is 5.51. The molecule has 0 spiro atoms. The van der Waals surface area contributed by atoms with Gasteiger partial charge in [-0.25, -0.2) is 0 Å². The maximum Gasteiger partial charge on any atom is 0.124 e. The first kappa shape index (κ1) is 11.6. The van der Waals surface area contributed by atoms with E-state index in [9.17, 15) is 5.11 Å². The Balaban J connectivity index is 2.17. The molecule has 1 atom stereocenters. The van der Waals surface area contributed by atoms with Crippen LogP contribution in [0.1, 0.15) is 17.2 Å². The number of aromatic nitrogens is 1. The molecule has 2 rings (SSSR count).